The fourth-order valence-electron chi connectivity index (χ4n) is 4.45. The van der Waals surface area contributed by atoms with Crippen LogP contribution in [0.3, 0.4) is 0 Å². The number of hydrogen-bond donors (Lipinski definition) is 2. The summed E-state index contributed by atoms with van der Waals surface area (Å²) in [6, 6.07) is 10.7. The van der Waals surface area contributed by atoms with Crippen molar-refractivity contribution in [3.63, 3.8) is 0 Å². The van der Waals surface area contributed by atoms with Crippen LogP contribution in [0.2, 0.25) is 0 Å². The minimum atomic E-state index is 0. The summed E-state index contributed by atoms with van der Waals surface area (Å²) in [6.07, 6.45) is 6.61. The summed E-state index contributed by atoms with van der Waals surface area (Å²) in [6.45, 7) is 7.39. The number of benzene rings is 1. The first-order valence-electron chi connectivity index (χ1n) is 11.7. The number of amides is 1. The van der Waals surface area contributed by atoms with Gasteiger partial charge in [0.25, 0.3) is 0 Å². The third-order valence-corrected chi connectivity index (χ3v) is 6.63. The van der Waals surface area contributed by atoms with Gasteiger partial charge in [-0.1, -0.05) is 24.6 Å². The molecule has 0 unspecified atom stereocenters. The molecule has 0 bridgehead atoms. The number of nitrogens with zero attached hydrogens (tertiary/aromatic N) is 4. The highest BCUT2D eigenvalue weighted by Crippen LogP contribution is 2.28. The Bertz CT molecular complexity index is 885. The Labute approximate surface area is 208 Å². The number of fused-ring (bicyclic) bond motifs is 1. The SMILES string of the molecule is CN=C(NCCCn1ccc2ccccc21)NCCN1CCN(C(=O)C2CCC2)CC1.I. The highest BCUT2D eigenvalue weighted by atomic mass is 127. The van der Waals surface area contributed by atoms with Gasteiger partial charge in [-0.3, -0.25) is 14.7 Å². The van der Waals surface area contributed by atoms with Crippen molar-refractivity contribution in [3.8, 4) is 0 Å². The van der Waals surface area contributed by atoms with E-state index in [0.717, 1.165) is 77.6 Å². The molecule has 1 saturated carbocycles. The second-order valence-corrected chi connectivity index (χ2v) is 8.64. The number of halogens is 1. The van der Waals surface area contributed by atoms with Crippen LogP contribution in [0.15, 0.2) is 41.5 Å². The molecule has 1 aliphatic heterocycles. The van der Waals surface area contributed by atoms with E-state index in [4.69, 9.17) is 0 Å². The van der Waals surface area contributed by atoms with Gasteiger partial charge < -0.3 is 20.1 Å². The van der Waals surface area contributed by atoms with Crippen LogP contribution >= 0.6 is 24.0 Å². The largest absolute Gasteiger partial charge is 0.356 e. The molecule has 2 N–H and O–H groups in total. The molecule has 1 amide bonds. The van der Waals surface area contributed by atoms with Crippen molar-refractivity contribution in [2.45, 2.75) is 32.2 Å². The average Bonchev–Trinajstić information content (AvgIpc) is 3.18. The standard InChI is InChI=1S/C24H36N6O.HI/c1-25-24(26-11-5-13-29-14-10-20-6-2-3-9-22(20)29)27-12-15-28-16-18-30(19-17-28)23(31)21-7-4-8-21;/h2-3,6,9-10,14,21H,4-5,7-8,11-13,15-19H2,1H3,(H2,25,26,27);1H. The summed E-state index contributed by atoms with van der Waals surface area (Å²) in [5, 5.41) is 8.13. The molecule has 0 atom stereocenters. The van der Waals surface area contributed by atoms with E-state index in [1.54, 1.807) is 0 Å². The molecule has 7 nitrogen and oxygen atoms in total. The van der Waals surface area contributed by atoms with Gasteiger partial charge in [-0.25, -0.2) is 0 Å². The third-order valence-electron chi connectivity index (χ3n) is 6.63. The molecule has 2 aromatic rings. The van der Waals surface area contributed by atoms with E-state index < -0.39 is 0 Å². The Balaban J connectivity index is 0.00000289. The van der Waals surface area contributed by atoms with Crippen LogP contribution in [0.1, 0.15) is 25.7 Å². The van der Waals surface area contributed by atoms with Crippen molar-refractivity contribution in [2.75, 3.05) is 52.9 Å². The molecule has 2 heterocycles. The molecule has 1 aromatic heterocycles. The minimum Gasteiger partial charge on any atom is -0.356 e. The number of aliphatic imine (C=N–C) groups is 1. The zero-order chi connectivity index (χ0) is 21.5. The van der Waals surface area contributed by atoms with Crippen molar-refractivity contribution in [2.24, 2.45) is 10.9 Å². The zero-order valence-electron chi connectivity index (χ0n) is 19.1. The molecule has 176 valence electrons. The van der Waals surface area contributed by atoms with Gasteiger partial charge >= 0.3 is 0 Å². The summed E-state index contributed by atoms with van der Waals surface area (Å²) in [5.74, 6) is 1.57. The first-order chi connectivity index (χ1) is 15.2. The molecule has 1 saturated heterocycles. The Morgan fingerprint density at radius 3 is 2.50 bits per heavy atom. The molecule has 0 radical (unpaired) electrons. The van der Waals surface area contributed by atoms with Crippen LogP contribution in [0, 0.1) is 5.92 Å². The second kappa shape index (κ2) is 12.4. The van der Waals surface area contributed by atoms with Crippen LogP contribution in [0.25, 0.3) is 10.9 Å². The quantitative estimate of drug-likeness (QED) is 0.229. The lowest BCUT2D eigenvalue weighted by molar-refractivity contribution is -0.139. The Morgan fingerprint density at radius 1 is 1.03 bits per heavy atom. The van der Waals surface area contributed by atoms with Crippen molar-refractivity contribution < 1.29 is 4.79 Å². The average molecular weight is 553 g/mol. The lowest BCUT2D eigenvalue weighted by atomic mass is 9.84. The molecular formula is C24H37IN6O. The van der Waals surface area contributed by atoms with E-state index in [1.165, 1.54) is 17.3 Å². The lowest BCUT2D eigenvalue weighted by Crippen LogP contribution is -2.52. The number of piperazine rings is 1. The summed E-state index contributed by atoms with van der Waals surface area (Å²) >= 11 is 0. The van der Waals surface area contributed by atoms with Crippen molar-refractivity contribution in [3.05, 3.63) is 36.5 Å². The number of guanidine groups is 1. The molecule has 1 aromatic carbocycles. The maximum absolute atomic E-state index is 12.4. The van der Waals surface area contributed by atoms with Gasteiger partial charge in [0.05, 0.1) is 0 Å². The van der Waals surface area contributed by atoms with Crippen LogP contribution in [-0.4, -0.2) is 79.1 Å². The number of aromatic nitrogens is 1. The highest BCUT2D eigenvalue weighted by molar-refractivity contribution is 14.0. The fourth-order valence-corrected chi connectivity index (χ4v) is 4.45. The van der Waals surface area contributed by atoms with Crippen molar-refractivity contribution in [1.82, 2.24) is 25.0 Å². The van der Waals surface area contributed by atoms with Gasteiger partial charge in [0.2, 0.25) is 5.91 Å². The number of carbonyl (C=O) groups is 1. The van der Waals surface area contributed by atoms with Gasteiger partial charge in [-0.15, -0.1) is 24.0 Å². The minimum absolute atomic E-state index is 0. The predicted octanol–water partition coefficient (Wildman–Crippen LogP) is 2.76. The van der Waals surface area contributed by atoms with Crippen molar-refractivity contribution >= 4 is 46.7 Å². The van der Waals surface area contributed by atoms with Gasteiger partial charge in [0, 0.05) is 77.0 Å². The Morgan fingerprint density at radius 2 is 1.78 bits per heavy atom. The fraction of sp³-hybridized carbons (Fsp3) is 0.583. The van der Waals surface area contributed by atoms with Gasteiger partial charge in [0.1, 0.15) is 0 Å². The van der Waals surface area contributed by atoms with E-state index >= 15 is 0 Å². The molecular weight excluding hydrogens is 515 g/mol. The van der Waals surface area contributed by atoms with Gasteiger partial charge in [-0.2, -0.15) is 0 Å². The number of carbonyl (C=O) groups excluding carboxylic acids is 1. The molecule has 0 spiro atoms. The second-order valence-electron chi connectivity index (χ2n) is 8.64. The number of aryl methyl sites for hydroxylation is 1. The number of rotatable bonds is 8. The highest BCUT2D eigenvalue weighted by Gasteiger charge is 2.30. The smallest absolute Gasteiger partial charge is 0.225 e. The van der Waals surface area contributed by atoms with Gasteiger partial charge in [-0.05, 0) is 36.8 Å². The summed E-state index contributed by atoms with van der Waals surface area (Å²) in [4.78, 5) is 21.2. The summed E-state index contributed by atoms with van der Waals surface area (Å²) in [7, 11) is 1.82. The third kappa shape index (κ3) is 6.37. The molecule has 32 heavy (non-hydrogen) atoms. The van der Waals surface area contributed by atoms with Gasteiger partial charge in [0.15, 0.2) is 5.96 Å². The van der Waals surface area contributed by atoms with Crippen LogP contribution in [0.5, 0.6) is 0 Å². The normalized spacial score (nSPS) is 17.7. The predicted molar refractivity (Wildman–Crippen MR) is 142 cm³/mol. The maximum Gasteiger partial charge on any atom is 0.225 e. The van der Waals surface area contributed by atoms with Crippen LogP contribution in [0.4, 0.5) is 0 Å². The molecule has 1 aliphatic carbocycles. The van der Waals surface area contributed by atoms with E-state index in [-0.39, 0.29) is 24.0 Å². The van der Waals surface area contributed by atoms with Crippen LogP contribution < -0.4 is 10.6 Å². The van der Waals surface area contributed by atoms with E-state index in [2.05, 4.69) is 66.5 Å². The van der Waals surface area contributed by atoms with E-state index in [0.29, 0.717) is 11.8 Å². The number of para-hydroxylation sites is 1. The maximum atomic E-state index is 12.4. The molecule has 4 rings (SSSR count). The molecule has 8 heteroatoms. The number of nitrogens with one attached hydrogen (secondary N) is 2. The monoisotopic (exact) mass is 552 g/mol. The summed E-state index contributed by atoms with van der Waals surface area (Å²) < 4.78 is 2.31. The zero-order valence-corrected chi connectivity index (χ0v) is 21.5. The Kier molecular flexibility index (Phi) is 9.65. The first-order valence-corrected chi connectivity index (χ1v) is 11.7. The lowest BCUT2D eigenvalue weighted by Gasteiger charge is -2.38. The molecule has 2 fully saturated rings. The first kappa shape index (κ1) is 24.8. The van der Waals surface area contributed by atoms with E-state index in [9.17, 15) is 4.79 Å². The van der Waals surface area contributed by atoms with Crippen LogP contribution in [-0.2, 0) is 11.3 Å². The van der Waals surface area contributed by atoms with Crippen molar-refractivity contribution in [1.29, 1.82) is 0 Å². The number of hydrogen-bond acceptors (Lipinski definition) is 3. The molecule has 2 aliphatic rings. The summed E-state index contributed by atoms with van der Waals surface area (Å²) in [5.41, 5.74) is 1.29. The Hall–Kier alpha value is -1.81. The topological polar surface area (TPSA) is 64.9 Å². The van der Waals surface area contributed by atoms with E-state index in [1.807, 2.05) is 7.05 Å².